The predicted molar refractivity (Wildman–Crippen MR) is 62.0 cm³/mol. The number of nitrogens with two attached hydrogens (primary N) is 1. The number of amides is 2. The van der Waals surface area contributed by atoms with Gasteiger partial charge in [-0.3, -0.25) is 0 Å². The zero-order valence-corrected chi connectivity index (χ0v) is 10.1. The summed E-state index contributed by atoms with van der Waals surface area (Å²) in [5.74, 6) is 0.612. The summed E-state index contributed by atoms with van der Waals surface area (Å²) in [6.45, 7) is 6.57. The van der Waals surface area contributed by atoms with Crippen LogP contribution < -0.4 is 16.5 Å². The van der Waals surface area contributed by atoms with E-state index in [1.165, 1.54) is 6.21 Å². The van der Waals surface area contributed by atoms with Gasteiger partial charge in [-0.2, -0.15) is 5.10 Å². The van der Waals surface area contributed by atoms with Crippen LogP contribution in [0.3, 0.4) is 0 Å². The number of hydrazone groups is 1. The lowest BCUT2D eigenvalue weighted by Gasteiger charge is -2.10. The monoisotopic (exact) mass is 225 g/mol. The van der Waals surface area contributed by atoms with Crippen LogP contribution in [0, 0.1) is 0 Å². The fraction of sp³-hybridized carbons (Fsp3) is 0.333. The number of hydrogen-bond acceptors (Lipinski definition) is 3. The molecule has 0 saturated heterocycles. The van der Waals surface area contributed by atoms with E-state index in [1.807, 2.05) is 12.1 Å². The highest BCUT2D eigenvalue weighted by molar-refractivity contribution is 6.87. The molecule has 0 aliphatic carbocycles. The molecule has 0 unspecified atom stereocenters. The van der Waals surface area contributed by atoms with Gasteiger partial charge in [0.2, 0.25) is 0 Å². The SMILES string of the molecule is C[Si](C)(C)c1ccc(C=NNC(N)=O)o1. The maximum absolute atomic E-state index is 10.3. The Morgan fingerprint density at radius 1 is 1.53 bits per heavy atom. The van der Waals surface area contributed by atoms with Crippen molar-refractivity contribution in [2.24, 2.45) is 10.8 Å². The van der Waals surface area contributed by atoms with Crippen molar-refractivity contribution >= 4 is 25.7 Å². The Morgan fingerprint density at radius 3 is 2.67 bits per heavy atom. The number of nitrogens with one attached hydrogen (secondary N) is 1. The van der Waals surface area contributed by atoms with Gasteiger partial charge in [-0.05, 0) is 12.1 Å². The lowest BCUT2D eigenvalue weighted by molar-refractivity contribution is 0.249. The van der Waals surface area contributed by atoms with Crippen molar-refractivity contribution in [3.8, 4) is 0 Å². The number of carbonyl (C=O) groups is 1. The standard InChI is InChI=1S/C9H15N3O2Si/c1-15(2,3)8-5-4-7(14-8)6-11-12-9(10)13/h4-6H,1-3H3,(H3,10,12,13). The molecule has 1 aromatic rings. The average molecular weight is 225 g/mol. The van der Waals surface area contributed by atoms with Crippen molar-refractivity contribution in [2.45, 2.75) is 19.6 Å². The summed E-state index contributed by atoms with van der Waals surface area (Å²) in [6, 6.07) is 3.07. The Bertz CT molecular complexity index is 379. The van der Waals surface area contributed by atoms with Crippen molar-refractivity contribution < 1.29 is 9.21 Å². The molecule has 0 aromatic carbocycles. The second-order valence-corrected chi connectivity index (χ2v) is 9.18. The lowest BCUT2D eigenvalue weighted by atomic mass is 10.5. The maximum Gasteiger partial charge on any atom is 0.332 e. The van der Waals surface area contributed by atoms with Crippen molar-refractivity contribution in [3.05, 3.63) is 17.9 Å². The average Bonchev–Trinajstić information content (AvgIpc) is 2.51. The van der Waals surface area contributed by atoms with Crippen molar-refractivity contribution in [1.29, 1.82) is 0 Å². The van der Waals surface area contributed by atoms with E-state index in [-0.39, 0.29) is 0 Å². The van der Waals surface area contributed by atoms with Crippen LogP contribution in [0.4, 0.5) is 4.79 Å². The van der Waals surface area contributed by atoms with Crippen LogP contribution in [0.25, 0.3) is 0 Å². The van der Waals surface area contributed by atoms with Gasteiger partial charge in [-0.15, -0.1) is 0 Å². The summed E-state index contributed by atoms with van der Waals surface area (Å²) in [4.78, 5) is 10.3. The summed E-state index contributed by atoms with van der Waals surface area (Å²) >= 11 is 0. The topological polar surface area (TPSA) is 80.6 Å². The third-order valence-electron chi connectivity index (χ3n) is 1.73. The van der Waals surface area contributed by atoms with Crippen LogP contribution in [0.1, 0.15) is 5.76 Å². The number of furan rings is 1. The van der Waals surface area contributed by atoms with Gasteiger partial charge in [0.05, 0.1) is 11.6 Å². The molecule has 82 valence electrons. The molecule has 0 bridgehead atoms. The molecule has 3 N–H and O–H groups in total. The first-order chi connectivity index (χ1) is 6.89. The van der Waals surface area contributed by atoms with Gasteiger partial charge in [-0.1, -0.05) is 19.6 Å². The van der Waals surface area contributed by atoms with Gasteiger partial charge >= 0.3 is 6.03 Å². The number of nitrogens with zero attached hydrogens (tertiary/aromatic N) is 1. The van der Waals surface area contributed by atoms with Crippen molar-refractivity contribution in [3.63, 3.8) is 0 Å². The smallest absolute Gasteiger partial charge is 0.332 e. The molecule has 5 nitrogen and oxygen atoms in total. The molecular formula is C9H15N3O2Si. The van der Waals surface area contributed by atoms with Crippen LogP contribution in [-0.2, 0) is 0 Å². The molecule has 0 fully saturated rings. The third-order valence-corrected chi connectivity index (χ3v) is 3.48. The van der Waals surface area contributed by atoms with Gasteiger partial charge in [0.1, 0.15) is 13.8 Å². The quantitative estimate of drug-likeness (QED) is 0.454. The zero-order chi connectivity index (χ0) is 11.5. The minimum Gasteiger partial charge on any atom is -0.465 e. The fourth-order valence-electron chi connectivity index (χ4n) is 0.985. The van der Waals surface area contributed by atoms with Crippen molar-refractivity contribution in [2.75, 3.05) is 0 Å². The number of carbonyl (C=O) groups excluding carboxylic acids is 1. The van der Waals surface area contributed by atoms with Gasteiger partial charge < -0.3 is 10.2 Å². The molecule has 1 rings (SSSR count). The molecule has 1 aromatic heterocycles. The third kappa shape index (κ3) is 3.59. The molecule has 6 heteroatoms. The number of urea groups is 1. The first-order valence-electron chi connectivity index (χ1n) is 4.58. The Morgan fingerprint density at radius 2 is 2.20 bits per heavy atom. The number of rotatable bonds is 3. The Kier molecular flexibility index (Phi) is 3.30. The molecule has 0 spiro atoms. The molecule has 2 amide bonds. The minimum atomic E-state index is -1.41. The van der Waals surface area contributed by atoms with E-state index in [4.69, 9.17) is 10.2 Å². The molecule has 0 atom stereocenters. The van der Waals surface area contributed by atoms with Gasteiger partial charge in [0, 0.05) is 0 Å². The van der Waals surface area contributed by atoms with Crippen LogP contribution in [0.2, 0.25) is 19.6 Å². The first-order valence-corrected chi connectivity index (χ1v) is 8.08. The minimum absolute atomic E-state index is 0.612. The number of primary amides is 1. The molecule has 1 heterocycles. The van der Waals surface area contributed by atoms with Crippen LogP contribution in [0.15, 0.2) is 21.7 Å². The van der Waals surface area contributed by atoms with E-state index < -0.39 is 14.1 Å². The van der Waals surface area contributed by atoms with Crippen LogP contribution >= 0.6 is 0 Å². The largest absolute Gasteiger partial charge is 0.465 e. The van der Waals surface area contributed by atoms with E-state index in [9.17, 15) is 4.79 Å². The van der Waals surface area contributed by atoms with E-state index in [2.05, 4.69) is 30.2 Å². The second-order valence-electron chi connectivity index (χ2n) is 4.19. The van der Waals surface area contributed by atoms with Crippen molar-refractivity contribution in [1.82, 2.24) is 5.43 Å². The predicted octanol–water partition coefficient (Wildman–Crippen LogP) is 0.827. The fourth-order valence-corrected chi connectivity index (χ4v) is 1.99. The van der Waals surface area contributed by atoms with Crippen LogP contribution in [-0.4, -0.2) is 20.3 Å². The number of hydrogen-bond donors (Lipinski definition) is 2. The van der Waals surface area contributed by atoms with E-state index in [1.54, 1.807) is 0 Å². The first kappa shape index (κ1) is 11.5. The molecule has 15 heavy (non-hydrogen) atoms. The highest BCUT2D eigenvalue weighted by Gasteiger charge is 2.20. The van der Waals surface area contributed by atoms with Gasteiger partial charge in [0.15, 0.2) is 0 Å². The van der Waals surface area contributed by atoms with E-state index in [0.29, 0.717) is 5.76 Å². The Balaban J connectivity index is 2.69. The van der Waals surface area contributed by atoms with Gasteiger partial charge in [0.25, 0.3) is 0 Å². The normalized spacial score (nSPS) is 11.9. The van der Waals surface area contributed by atoms with E-state index in [0.717, 1.165) is 5.38 Å². The summed E-state index contributed by atoms with van der Waals surface area (Å²) in [7, 11) is -1.41. The molecule has 0 aliphatic rings. The van der Waals surface area contributed by atoms with E-state index >= 15 is 0 Å². The molecule has 0 saturated carbocycles. The summed E-state index contributed by atoms with van der Waals surface area (Å²) in [6.07, 6.45) is 1.42. The summed E-state index contributed by atoms with van der Waals surface area (Å²) < 4.78 is 5.55. The Labute approximate surface area is 89.3 Å². The molecule has 0 aliphatic heterocycles. The maximum atomic E-state index is 10.3. The Hall–Kier alpha value is -1.56. The summed E-state index contributed by atoms with van der Waals surface area (Å²) in [5.41, 5.74) is 6.95. The molecular weight excluding hydrogens is 210 g/mol. The zero-order valence-electron chi connectivity index (χ0n) is 9.07. The highest BCUT2D eigenvalue weighted by Crippen LogP contribution is 2.04. The molecule has 0 radical (unpaired) electrons. The lowest BCUT2D eigenvalue weighted by Crippen LogP contribution is -2.36. The van der Waals surface area contributed by atoms with Gasteiger partial charge in [-0.25, -0.2) is 10.2 Å². The summed E-state index contributed by atoms with van der Waals surface area (Å²) in [5, 5.41) is 4.61. The highest BCUT2D eigenvalue weighted by atomic mass is 28.3. The second kappa shape index (κ2) is 4.31. The van der Waals surface area contributed by atoms with Crippen LogP contribution in [0.5, 0.6) is 0 Å².